The van der Waals surface area contributed by atoms with E-state index in [1.807, 2.05) is 4.90 Å². The van der Waals surface area contributed by atoms with Crippen molar-refractivity contribution in [2.45, 2.75) is 43.9 Å². The van der Waals surface area contributed by atoms with E-state index in [0.29, 0.717) is 32.5 Å². The maximum atomic E-state index is 13.4. The Kier molecular flexibility index (Phi) is 6.98. The third kappa shape index (κ3) is 5.73. The molecule has 2 aromatic carbocycles. The second kappa shape index (κ2) is 10.1. The second-order valence-electron chi connectivity index (χ2n) is 8.47. The minimum Gasteiger partial charge on any atom is -0.353 e. The van der Waals surface area contributed by atoms with Crippen LogP contribution in [0.15, 0.2) is 48.5 Å². The molecular weight excluding hydrogens is 430 g/mol. The van der Waals surface area contributed by atoms with Crippen molar-refractivity contribution in [1.82, 2.24) is 20.9 Å². The van der Waals surface area contributed by atoms with E-state index in [-0.39, 0.29) is 53.6 Å². The van der Waals surface area contributed by atoms with E-state index < -0.39 is 5.82 Å². The van der Waals surface area contributed by atoms with E-state index in [9.17, 15) is 23.2 Å². The predicted molar refractivity (Wildman–Crippen MR) is 117 cm³/mol. The first kappa shape index (κ1) is 22.8. The normalized spacial score (nSPS) is 22.4. The fraction of sp³-hybridized carbons (Fsp3) is 0.375. The number of amides is 3. The number of carbonyl (C=O) groups excluding carboxylic acids is 3. The van der Waals surface area contributed by atoms with E-state index >= 15 is 0 Å². The monoisotopic (exact) mass is 456 g/mol. The van der Waals surface area contributed by atoms with Crippen LogP contribution in [0.1, 0.15) is 35.2 Å². The lowest BCUT2D eigenvalue weighted by molar-refractivity contribution is -0.129. The molecule has 0 saturated carbocycles. The van der Waals surface area contributed by atoms with Crippen LogP contribution in [-0.2, 0) is 16.1 Å². The van der Waals surface area contributed by atoms with E-state index in [0.717, 1.165) is 5.56 Å². The van der Waals surface area contributed by atoms with Gasteiger partial charge in [0.15, 0.2) is 0 Å². The van der Waals surface area contributed by atoms with Gasteiger partial charge in [0.05, 0.1) is 6.04 Å². The highest BCUT2D eigenvalue weighted by Crippen LogP contribution is 2.26. The highest BCUT2D eigenvalue weighted by molar-refractivity contribution is 5.94. The first-order valence-electron chi connectivity index (χ1n) is 11.0. The summed E-state index contributed by atoms with van der Waals surface area (Å²) in [4.78, 5) is 39.2. The third-order valence-electron chi connectivity index (χ3n) is 6.15. The van der Waals surface area contributed by atoms with Gasteiger partial charge in [-0.15, -0.1) is 0 Å². The fourth-order valence-corrected chi connectivity index (χ4v) is 4.44. The maximum Gasteiger partial charge on any atom is 0.251 e. The molecule has 3 amide bonds. The summed E-state index contributed by atoms with van der Waals surface area (Å²) >= 11 is 0. The molecule has 0 unspecified atom stereocenters. The van der Waals surface area contributed by atoms with Crippen molar-refractivity contribution < 1.29 is 23.2 Å². The number of piperazine rings is 1. The van der Waals surface area contributed by atoms with Crippen molar-refractivity contribution in [2.75, 3.05) is 13.1 Å². The minimum atomic E-state index is -0.483. The third-order valence-corrected chi connectivity index (χ3v) is 6.15. The zero-order chi connectivity index (χ0) is 23.4. The summed E-state index contributed by atoms with van der Waals surface area (Å²) in [7, 11) is 0. The summed E-state index contributed by atoms with van der Waals surface area (Å²) in [5.41, 5.74) is 1.05. The van der Waals surface area contributed by atoms with Gasteiger partial charge in [-0.25, -0.2) is 8.78 Å². The Bertz CT molecular complexity index is 1030. The number of halogens is 2. The van der Waals surface area contributed by atoms with E-state index in [1.165, 1.54) is 30.3 Å². The molecule has 2 aromatic rings. The highest BCUT2D eigenvalue weighted by atomic mass is 19.1. The van der Waals surface area contributed by atoms with Gasteiger partial charge in [-0.05, 0) is 48.7 Å². The molecule has 4 rings (SSSR count). The van der Waals surface area contributed by atoms with Crippen LogP contribution in [0.5, 0.6) is 0 Å². The number of carbonyl (C=O) groups is 3. The smallest absolute Gasteiger partial charge is 0.251 e. The largest absolute Gasteiger partial charge is 0.353 e. The zero-order valence-corrected chi connectivity index (χ0v) is 18.0. The summed E-state index contributed by atoms with van der Waals surface area (Å²) in [6.07, 6.45) is 1.29. The van der Waals surface area contributed by atoms with Crippen molar-refractivity contribution in [2.24, 2.45) is 0 Å². The molecule has 2 saturated heterocycles. The van der Waals surface area contributed by atoms with Crippen LogP contribution in [0.25, 0.3) is 0 Å². The molecular formula is C24H26F2N4O3. The molecule has 0 aromatic heterocycles. The average molecular weight is 456 g/mol. The molecule has 2 fully saturated rings. The van der Waals surface area contributed by atoms with Gasteiger partial charge in [0.1, 0.15) is 11.6 Å². The molecule has 9 heteroatoms. The Hall–Kier alpha value is -3.33. The molecule has 3 atom stereocenters. The minimum absolute atomic E-state index is 0.0275. The van der Waals surface area contributed by atoms with Crippen LogP contribution in [0.4, 0.5) is 8.78 Å². The topological polar surface area (TPSA) is 90.5 Å². The number of nitrogens with zero attached hydrogens (tertiary/aromatic N) is 1. The summed E-state index contributed by atoms with van der Waals surface area (Å²) in [5, 5.41) is 8.62. The molecule has 7 nitrogen and oxygen atoms in total. The molecule has 2 aliphatic heterocycles. The van der Waals surface area contributed by atoms with Gasteiger partial charge in [0.25, 0.3) is 5.91 Å². The van der Waals surface area contributed by atoms with Crippen LogP contribution in [-0.4, -0.2) is 53.8 Å². The Labute approximate surface area is 190 Å². The van der Waals surface area contributed by atoms with E-state index in [4.69, 9.17) is 0 Å². The second-order valence-corrected chi connectivity index (χ2v) is 8.47. The van der Waals surface area contributed by atoms with Gasteiger partial charge < -0.3 is 16.0 Å². The predicted octanol–water partition coefficient (Wildman–Crippen LogP) is 1.73. The summed E-state index contributed by atoms with van der Waals surface area (Å²) in [5.74, 6) is -1.40. The van der Waals surface area contributed by atoms with Crippen LogP contribution >= 0.6 is 0 Å². The van der Waals surface area contributed by atoms with Crippen molar-refractivity contribution in [3.8, 4) is 0 Å². The molecule has 0 radical (unpaired) electrons. The summed E-state index contributed by atoms with van der Waals surface area (Å²) in [6, 6.07) is 10.8. The van der Waals surface area contributed by atoms with Crippen molar-refractivity contribution in [1.29, 1.82) is 0 Å². The molecule has 33 heavy (non-hydrogen) atoms. The first-order valence-corrected chi connectivity index (χ1v) is 11.0. The number of nitrogens with one attached hydrogen (secondary N) is 3. The highest BCUT2D eigenvalue weighted by Gasteiger charge is 2.43. The molecule has 174 valence electrons. The first-order chi connectivity index (χ1) is 15.9. The maximum absolute atomic E-state index is 13.4. The van der Waals surface area contributed by atoms with Crippen LogP contribution in [0, 0.1) is 11.6 Å². The number of fused-ring (bicyclic) bond motifs is 1. The lowest BCUT2D eigenvalue weighted by atomic mass is 10.0. The molecule has 3 N–H and O–H groups in total. The SMILES string of the molecule is O=C(CC[C@@H]1CNC(=O)[C@@H]2C[C@@H](NC(=O)c3cccc(F)c3)CN12)NCc1ccc(F)cc1. The lowest BCUT2D eigenvalue weighted by Gasteiger charge is -2.37. The van der Waals surface area contributed by atoms with Crippen molar-refractivity contribution >= 4 is 17.7 Å². The van der Waals surface area contributed by atoms with Gasteiger partial charge in [-0.3, -0.25) is 19.3 Å². The molecule has 0 bridgehead atoms. The Balaban J connectivity index is 1.29. The molecule has 2 aliphatic rings. The van der Waals surface area contributed by atoms with Gasteiger partial charge >= 0.3 is 0 Å². The van der Waals surface area contributed by atoms with Gasteiger partial charge in [-0.2, -0.15) is 0 Å². The number of hydrogen-bond acceptors (Lipinski definition) is 4. The lowest BCUT2D eigenvalue weighted by Crippen LogP contribution is -2.58. The quantitative estimate of drug-likeness (QED) is 0.592. The van der Waals surface area contributed by atoms with Gasteiger partial charge in [0.2, 0.25) is 11.8 Å². The van der Waals surface area contributed by atoms with Crippen LogP contribution < -0.4 is 16.0 Å². The van der Waals surface area contributed by atoms with Crippen molar-refractivity contribution in [3.63, 3.8) is 0 Å². The summed E-state index contributed by atoms with van der Waals surface area (Å²) in [6.45, 7) is 1.24. The fourth-order valence-electron chi connectivity index (χ4n) is 4.44. The number of benzene rings is 2. The Morgan fingerprint density at radius 2 is 1.88 bits per heavy atom. The van der Waals surface area contributed by atoms with Crippen LogP contribution in [0.3, 0.4) is 0 Å². The average Bonchev–Trinajstić information content (AvgIpc) is 3.23. The number of hydrogen-bond donors (Lipinski definition) is 3. The van der Waals surface area contributed by atoms with E-state index in [1.54, 1.807) is 18.2 Å². The molecule has 0 aliphatic carbocycles. The number of rotatable bonds is 7. The zero-order valence-electron chi connectivity index (χ0n) is 18.0. The summed E-state index contributed by atoms with van der Waals surface area (Å²) < 4.78 is 26.4. The van der Waals surface area contributed by atoms with Crippen LogP contribution in [0.2, 0.25) is 0 Å². The Morgan fingerprint density at radius 3 is 2.64 bits per heavy atom. The molecule has 2 heterocycles. The standard InChI is InChI=1S/C24H26F2N4O3/c25-17-6-4-15(5-7-17)12-27-22(31)9-8-20-13-28-24(33)21-11-19(14-30(20)21)29-23(32)16-2-1-3-18(26)10-16/h1-7,10,19-21H,8-9,11-14H2,(H,27,31)(H,28,33)(H,29,32)/t19-,20-,21+/m1/s1. The Morgan fingerprint density at radius 1 is 1.09 bits per heavy atom. The van der Waals surface area contributed by atoms with Crippen molar-refractivity contribution in [3.05, 3.63) is 71.3 Å². The van der Waals surface area contributed by atoms with Gasteiger partial charge in [0, 0.05) is 43.7 Å². The van der Waals surface area contributed by atoms with E-state index in [2.05, 4.69) is 16.0 Å². The molecule has 0 spiro atoms. The van der Waals surface area contributed by atoms with Gasteiger partial charge in [-0.1, -0.05) is 18.2 Å².